The predicted molar refractivity (Wildman–Crippen MR) is 94.3 cm³/mol. The molecule has 0 spiro atoms. The fourth-order valence-electron chi connectivity index (χ4n) is 3.59. The zero-order valence-electron chi connectivity index (χ0n) is 13.9. The summed E-state index contributed by atoms with van der Waals surface area (Å²) in [4.78, 5) is 18.8. The maximum absolute atomic E-state index is 12.9. The number of aromatic nitrogens is 3. The lowest BCUT2D eigenvalue weighted by Gasteiger charge is -2.32. The minimum Gasteiger partial charge on any atom is -0.507 e. The Hall–Kier alpha value is -2.89. The van der Waals surface area contributed by atoms with Crippen molar-refractivity contribution >= 4 is 16.7 Å². The molecular weight excluding hydrogens is 316 g/mol. The van der Waals surface area contributed by atoms with Crippen LogP contribution in [-0.4, -0.2) is 43.8 Å². The molecule has 0 bridgehead atoms. The molecule has 1 aromatic heterocycles. The van der Waals surface area contributed by atoms with Gasteiger partial charge in [0.15, 0.2) is 0 Å². The third-order valence-electron chi connectivity index (χ3n) is 4.80. The van der Waals surface area contributed by atoms with Crippen molar-refractivity contribution in [2.75, 3.05) is 13.1 Å². The molecule has 0 saturated carbocycles. The van der Waals surface area contributed by atoms with E-state index in [0.29, 0.717) is 18.0 Å². The van der Waals surface area contributed by atoms with Crippen molar-refractivity contribution in [2.24, 2.45) is 5.92 Å². The Morgan fingerprint density at radius 1 is 1.28 bits per heavy atom. The van der Waals surface area contributed by atoms with Crippen LogP contribution in [0.15, 0.2) is 49.1 Å². The second-order valence-electron chi connectivity index (χ2n) is 6.59. The average Bonchev–Trinajstić information content (AvgIpc) is 3.14. The molecule has 1 N–H and O–H groups in total. The molecule has 0 unspecified atom stereocenters. The maximum atomic E-state index is 12.9. The van der Waals surface area contributed by atoms with Crippen molar-refractivity contribution in [3.05, 3.63) is 54.6 Å². The summed E-state index contributed by atoms with van der Waals surface area (Å²) in [6.45, 7) is 2.22. The molecule has 1 fully saturated rings. The standard InChI is InChI=1S/C19H20N4O2/c24-18-9-16(8-15-5-1-2-6-17(15)18)19(25)22-7-3-4-14(10-22)11-23-13-20-12-21-23/h1-2,5-6,8-9,12-14,24H,3-4,7,10-11H2/t14-/m0/s1. The molecule has 1 saturated heterocycles. The van der Waals surface area contributed by atoms with Gasteiger partial charge in [-0.25, -0.2) is 4.98 Å². The third-order valence-corrected chi connectivity index (χ3v) is 4.80. The van der Waals surface area contributed by atoms with Gasteiger partial charge in [0.2, 0.25) is 0 Å². The monoisotopic (exact) mass is 336 g/mol. The highest BCUT2D eigenvalue weighted by molar-refractivity contribution is 6.00. The lowest BCUT2D eigenvalue weighted by atomic mass is 9.97. The molecule has 128 valence electrons. The normalized spacial score (nSPS) is 17.8. The summed E-state index contributed by atoms with van der Waals surface area (Å²) in [5, 5.41) is 16.0. The van der Waals surface area contributed by atoms with Crippen LogP contribution in [0.2, 0.25) is 0 Å². The summed E-state index contributed by atoms with van der Waals surface area (Å²) in [6, 6.07) is 11.0. The summed E-state index contributed by atoms with van der Waals surface area (Å²) in [7, 11) is 0. The molecule has 2 aromatic carbocycles. The molecule has 3 aromatic rings. The van der Waals surface area contributed by atoms with E-state index in [1.54, 1.807) is 12.4 Å². The van der Waals surface area contributed by atoms with Gasteiger partial charge >= 0.3 is 0 Å². The number of carbonyl (C=O) groups is 1. The Morgan fingerprint density at radius 2 is 2.16 bits per heavy atom. The molecule has 25 heavy (non-hydrogen) atoms. The number of phenolic OH excluding ortho intramolecular Hbond substituents is 1. The summed E-state index contributed by atoms with van der Waals surface area (Å²) >= 11 is 0. The number of hydrogen-bond donors (Lipinski definition) is 1. The van der Waals surface area contributed by atoms with Crippen LogP contribution < -0.4 is 0 Å². The SMILES string of the molecule is O=C(c1cc(O)c2ccccc2c1)N1CCC[C@H](Cn2cncn2)C1. The van der Waals surface area contributed by atoms with Crippen LogP contribution in [0, 0.1) is 5.92 Å². The van der Waals surface area contributed by atoms with Gasteiger partial charge in [-0.15, -0.1) is 0 Å². The third kappa shape index (κ3) is 3.20. The Labute approximate surface area is 145 Å². The van der Waals surface area contributed by atoms with Crippen LogP contribution in [0.5, 0.6) is 5.75 Å². The molecule has 6 nitrogen and oxygen atoms in total. The first-order valence-corrected chi connectivity index (χ1v) is 8.54. The zero-order valence-corrected chi connectivity index (χ0v) is 13.9. The van der Waals surface area contributed by atoms with Gasteiger partial charge in [0.05, 0.1) is 0 Å². The summed E-state index contributed by atoms with van der Waals surface area (Å²) in [5.41, 5.74) is 0.539. The van der Waals surface area contributed by atoms with Gasteiger partial charge in [0, 0.05) is 30.6 Å². The lowest BCUT2D eigenvalue weighted by Crippen LogP contribution is -2.41. The molecule has 0 aliphatic carbocycles. The van der Waals surface area contributed by atoms with Gasteiger partial charge in [-0.2, -0.15) is 5.10 Å². The number of likely N-dealkylation sites (tertiary alicyclic amines) is 1. The highest BCUT2D eigenvalue weighted by atomic mass is 16.3. The van der Waals surface area contributed by atoms with Crippen LogP contribution in [0.4, 0.5) is 0 Å². The van der Waals surface area contributed by atoms with E-state index < -0.39 is 0 Å². The van der Waals surface area contributed by atoms with Crippen molar-refractivity contribution in [3.63, 3.8) is 0 Å². The van der Waals surface area contributed by atoms with Gasteiger partial charge < -0.3 is 10.0 Å². The highest BCUT2D eigenvalue weighted by Crippen LogP contribution is 2.28. The van der Waals surface area contributed by atoms with Crippen molar-refractivity contribution in [3.8, 4) is 5.75 Å². The van der Waals surface area contributed by atoms with Crippen LogP contribution in [0.25, 0.3) is 10.8 Å². The fraction of sp³-hybridized carbons (Fsp3) is 0.316. The molecule has 0 radical (unpaired) electrons. The number of amides is 1. The number of nitrogens with zero attached hydrogens (tertiary/aromatic N) is 4. The molecular formula is C19H20N4O2. The predicted octanol–water partition coefficient (Wildman–Crippen LogP) is 2.69. The summed E-state index contributed by atoms with van der Waals surface area (Å²) in [5.74, 6) is 0.496. The summed E-state index contributed by atoms with van der Waals surface area (Å²) in [6.07, 6.45) is 5.29. The second-order valence-corrected chi connectivity index (χ2v) is 6.59. The first-order valence-electron chi connectivity index (χ1n) is 8.54. The molecule has 4 rings (SSSR count). The average molecular weight is 336 g/mol. The minimum atomic E-state index is -0.0238. The van der Waals surface area contributed by atoms with Crippen LogP contribution in [0.3, 0.4) is 0 Å². The molecule has 2 heterocycles. The zero-order chi connectivity index (χ0) is 17.2. The summed E-state index contributed by atoms with van der Waals surface area (Å²) < 4.78 is 1.82. The number of benzene rings is 2. The molecule has 1 aliphatic rings. The first-order chi connectivity index (χ1) is 12.2. The smallest absolute Gasteiger partial charge is 0.254 e. The number of carbonyl (C=O) groups excluding carboxylic acids is 1. The van der Waals surface area contributed by atoms with Crippen molar-refractivity contribution < 1.29 is 9.90 Å². The van der Waals surface area contributed by atoms with E-state index >= 15 is 0 Å². The van der Waals surface area contributed by atoms with Gasteiger partial charge in [0.1, 0.15) is 18.4 Å². The van der Waals surface area contributed by atoms with Gasteiger partial charge in [-0.3, -0.25) is 9.48 Å². The second kappa shape index (κ2) is 6.55. The fourth-order valence-corrected chi connectivity index (χ4v) is 3.59. The quantitative estimate of drug-likeness (QED) is 0.798. The number of piperidine rings is 1. The van der Waals surface area contributed by atoms with E-state index in [0.717, 1.165) is 36.7 Å². The molecule has 1 amide bonds. The van der Waals surface area contributed by atoms with E-state index in [-0.39, 0.29) is 11.7 Å². The number of aromatic hydroxyl groups is 1. The van der Waals surface area contributed by atoms with Gasteiger partial charge in [0.25, 0.3) is 5.91 Å². The van der Waals surface area contributed by atoms with E-state index in [9.17, 15) is 9.90 Å². The van der Waals surface area contributed by atoms with E-state index in [1.807, 2.05) is 39.9 Å². The van der Waals surface area contributed by atoms with Crippen molar-refractivity contribution in [2.45, 2.75) is 19.4 Å². The van der Waals surface area contributed by atoms with Crippen molar-refractivity contribution in [1.29, 1.82) is 0 Å². The van der Waals surface area contributed by atoms with E-state index in [1.165, 1.54) is 6.33 Å². The number of fused-ring (bicyclic) bond motifs is 1. The van der Waals surface area contributed by atoms with Gasteiger partial charge in [-0.05, 0) is 36.3 Å². The largest absolute Gasteiger partial charge is 0.507 e. The Bertz CT molecular complexity index is 892. The lowest BCUT2D eigenvalue weighted by molar-refractivity contribution is 0.0659. The van der Waals surface area contributed by atoms with Crippen LogP contribution in [-0.2, 0) is 6.54 Å². The Kier molecular flexibility index (Phi) is 4.09. The highest BCUT2D eigenvalue weighted by Gasteiger charge is 2.25. The number of hydrogen-bond acceptors (Lipinski definition) is 4. The first kappa shape index (κ1) is 15.6. The van der Waals surface area contributed by atoms with Crippen LogP contribution >= 0.6 is 0 Å². The molecule has 1 aliphatic heterocycles. The topological polar surface area (TPSA) is 71.2 Å². The van der Waals surface area contributed by atoms with E-state index in [2.05, 4.69) is 10.1 Å². The molecule has 6 heteroatoms. The minimum absolute atomic E-state index is 0.0238. The van der Waals surface area contributed by atoms with E-state index in [4.69, 9.17) is 0 Å². The Morgan fingerprint density at radius 3 is 3.00 bits per heavy atom. The van der Waals surface area contributed by atoms with Crippen molar-refractivity contribution in [1.82, 2.24) is 19.7 Å². The molecule has 1 atom stereocenters. The Balaban J connectivity index is 1.54. The van der Waals surface area contributed by atoms with Crippen LogP contribution in [0.1, 0.15) is 23.2 Å². The number of rotatable bonds is 3. The number of phenols is 1. The maximum Gasteiger partial charge on any atom is 0.254 e. The van der Waals surface area contributed by atoms with Gasteiger partial charge in [-0.1, -0.05) is 24.3 Å².